The molecule has 0 atom stereocenters. The first-order valence-electron chi connectivity index (χ1n) is 7.79. The van der Waals surface area contributed by atoms with Crippen molar-refractivity contribution in [2.75, 3.05) is 26.7 Å². The van der Waals surface area contributed by atoms with Crippen molar-refractivity contribution in [2.45, 2.75) is 39.3 Å². The quantitative estimate of drug-likeness (QED) is 0.576. The fourth-order valence-electron chi connectivity index (χ4n) is 2.00. The van der Waals surface area contributed by atoms with Gasteiger partial charge in [-0.2, -0.15) is 0 Å². The highest BCUT2D eigenvalue weighted by atomic mass is 35.5. The molecular formula is C17H31Cl2N3O2. The number of ether oxygens (including phenoxy) is 1. The van der Waals surface area contributed by atoms with Crippen LogP contribution < -0.4 is 20.7 Å². The van der Waals surface area contributed by atoms with E-state index in [0.29, 0.717) is 0 Å². The summed E-state index contributed by atoms with van der Waals surface area (Å²) in [4.78, 5) is 11.8. The van der Waals surface area contributed by atoms with E-state index in [4.69, 9.17) is 4.74 Å². The molecule has 0 saturated heterocycles. The molecule has 1 aromatic carbocycles. The number of nitrogens with one attached hydrogen (secondary N) is 3. The van der Waals surface area contributed by atoms with Gasteiger partial charge in [0.1, 0.15) is 5.75 Å². The largest absolute Gasteiger partial charge is 0.483 e. The molecule has 0 heterocycles. The summed E-state index contributed by atoms with van der Waals surface area (Å²) in [5.41, 5.74) is 0.824. The third kappa shape index (κ3) is 11.5. The summed E-state index contributed by atoms with van der Waals surface area (Å²) in [6.07, 6.45) is 1.08. The van der Waals surface area contributed by atoms with E-state index < -0.39 is 0 Å². The summed E-state index contributed by atoms with van der Waals surface area (Å²) in [5.74, 6) is 0.650. The van der Waals surface area contributed by atoms with Crippen LogP contribution >= 0.6 is 24.8 Å². The van der Waals surface area contributed by atoms with Crippen LogP contribution in [0.15, 0.2) is 24.3 Å². The van der Waals surface area contributed by atoms with Crippen molar-refractivity contribution in [1.82, 2.24) is 16.0 Å². The lowest BCUT2D eigenvalue weighted by Crippen LogP contribution is -2.43. The second kappa shape index (κ2) is 13.3. The van der Waals surface area contributed by atoms with Gasteiger partial charge in [-0.1, -0.05) is 18.2 Å². The van der Waals surface area contributed by atoms with Crippen LogP contribution in [0.5, 0.6) is 5.75 Å². The van der Waals surface area contributed by atoms with Gasteiger partial charge in [0.25, 0.3) is 5.91 Å². The monoisotopic (exact) mass is 379 g/mol. The summed E-state index contributed by atoms with van der Waals surface area (Å²) < 4.78 is 5.66. The normalized spacial score (nSPS) is 10.3. The number of hydrogen-bond donors (Lipinski definition) is 3. The minimum Gasteiger partial charge on any atom is -0.483 e. The maximum absolute atomic E-state index is 11.8. The summed E-state index contributed by atoms with van der Waals surface area (Å²) in [5, 5.41) is 9.39. The summed E-state index contributed by atoms with van der Waals surface area (Å²) in [6, 6.07) is 7.81. The Morgan fingerprint density at radius 3 is 2.42 bits per heavy atom. The highest BCUT2D eigenvalue weighted by Crippen LogP contribution is 2.17. The number of halogens is 2. The predicted octanol–water partition coefficient (Wildman–Crippen LogP) is 2.52. The predicted molar refractivity (Wildman–Crippen MR) is 105 cm³/mol. The van der Waals surface area contributed by atoms with E-state index in [1.165, 1.54) is 0 Å². The van der Waals surface area contributed by atoms with E-state index in [9.17, 15) is 4.79 Å². The Hall–Kier alpha value is -1.01. The fourth-order valence-corrected chi connectivity index (χ4v) is 2.00. The van der Waals surface area contributed by atoms with E-state index >= 15 is 0 Å². The molecule has 7 heteroatoms. The second-order valence-electron chi connectivity index (χ2n) is 6.33. The van der Waals surface area contributed by atoms with Crippen molar-refractivity contribution in [1.29, 1.82) is 0 Å². The van der Waals surface area contributed by atoms with Gasteiger partial charge in [-0.05, 0) is 53.4 Å². The Balaban J connectivity index is 0. The molecule has 3 N–H and O–H groups in total. The highest BCUT2D eigenvalue weighted by Gasteiger charge is 2.14. The van der Waals surface area contributed by atoms with Gasteiger partial charge in [0.15, 0.2) is 6.61 Å². The molecule has 0 unspecified atom stereocenters. The first-order valence-corrected chi connectivity index (χ1v) is 7.79. The van der Waals surface area contributed by atoms with Crippen LogP contribution in [0, 0.1) is 0 Å². The molecule has 140 valence electrons. The van der Waals surface area contributed by atoms with E-state index in [1.807, 2.05) is 52.1 Å². The first kappa shape index (κ1) is 25.2. The van der Waals surface area contributed by atoms with Crippen molar-refractivity contribution in [3.63, 3.8) is 0 Å². The van der Waals surface area contributed by atoms with Crippen molar-refractivity contribution < 1.29 is 9.53 Å². The van der Waals surface area contributed by atoms with Crippen LogP contribution in [0.3, 0.4) is 0 Å². The molecule has 0 aliphatic carbocycles. The number of rotatable bonds is 9. The van der Waals surface area contributed by atoms with Crippen molar-refractivity contribution >= 4 is 30.7 Å². The first-order chi connectivity index (χ1) is 10.4. The van der Waals surface area contributed by atoms with E-state index in [1.54, 1.807) is 0 Å². The van der Waals surface area contributed by atoms with Gasteiger partial charge in [0, 0.05) is 17.6 Å². The number of carbonyl (C=O) groups is 1. The van der Waals surface area contributed by atoms with Crippen molar-refractivity contribution in [3.05, 3.63) is 29.8 Å². The Bertz CT molecular complexity index is 465. The highest BCUT2D eigenvalue weighted by molar-refractivity contribution is 5.85. The van der Waals surface area contributed by atoms with Crippen LogP contribution in [0.25, 0.3) is 0 Å². The lowest BCUT2D eigenvalue weighted by molar-refractivity contribution is -0.124. The van der Waals surface area contributed by atoms with E-state index in [2.05, 4.69) is 16.0 Å². The molecule has 24 heavy (non-hydrogen) atoms. The number of carbonyl (C=O) groups excluding carboxylic acids is 1. The minimum atomic E-state index is -0.241. The smallest absolute Gasteiger partial charge is 0.258 e. The zero-order valence-corrected chi connectivity index (χ0v) is 16.6. The van der Waals surface area contributed by atoms with Gasteiger partial charge in [0.05, 0.1) is 0 Å². The molecule has 0 spiro atoms. The van der Waals surface area contributed by atoms with E-state index in [0.717, 1.165) is 37.4 Å². The minimum absolute atomic E-state index is 0. The summed E-state index contributed by atoms with van der Waals surface area (Å²) >= 11 is 0. The Morgan fingerprint density at radius 2 is 1.79 bits per heavy atom. The maximum Gasteiger partial charge on any atom is 0.258 e. The summed E-state index contributed by atoms with van der Waals surface area (Å²) in [6.45, 7) is 8.57. The van der Waals surface area contributed by atoms with Gasteiger partial charge >= 0.3 is 0 Å². The molecule has 0 aliphatic heterocycles. The molecule has 1 rings (SSSR count). The Kier molecular flexibility index (Phi) is 14.0. The summed E-state index contributed by atoms with van der Waals surface area (Å²) in [7, 11) is 1.95. The zero-order valence-electron chi connectivity index (χ0n) is 15.0. The fraction of sp³-hybridized carbons (Fsp3) is 0.588. The lowest BCUT2D eigenvalue weighted by atomic mass is 10.1. The number of benzene rings is 1. The molecule has 0 saturated carbocycles. The third-order valence-electron chi connectivity index (χ3n) is 2.94. The molecule has 0 fully saturated rings. The second-order valence-corrected chi connectivity index (χ2v) is 6.33. The lowest BCUT2D eigenvalue weighted by Gasteiger charge is -2.20. The molecular weight excluding hydrogens is 349 g/mol. The Morgan fingerprint density at radius 1 is 1.12 bits per heavy atom. The van der Waals surface area contributed by atoms with Crippen molar-refractivity contribution in [2.24, 2.45) is 0 Å². The van der Waals surface area contributed by atoms with E-state index in [-0.39, 0.29) is 42.9 Å². The van der Waals surface area contributed by atoms with Gasteiger partial charge < -0.3 is 20.7 Å². The number of para-hydroxylation sites is 1. The van der Waals surface area contributed by atoms with Crippen molar-refractivity contribution in [3.8, 4) is 5.75 Å². The van der Waals surface area contributed by atoms with Crippen LogP contribution in [0.2, 0.25) is 0 Å². The topological polar surface area (TPSA) is 62.4 Å². The average molecular weight is 380 g/mol. The van der Waals surface area contributed by atoms with Gasteiger partial charge in [-0.15, -0.1) is 24.8 Å². The molecule has 1 amide bonds. The van der Waals surface area contributed by atoms with Crippen LogP contribution in [0.4, 0.5) is 0 Å². The number of hydrogen-bond acceptors (Lipinski definition) is 4. The molecule has 5 nitrogen and oxygen atoms in total. The standard InChI is InChI=1S/C17H29N3O2.2ClH/c1-17(2,3)20-16(21)13-22-15-9-6-5-8-14(15)12-19-11-7-10-18-4;;/h5-6,8-9,18-19H,7,10-13H2,1-4H3,(H,20,21);2*1H. The van der Waals surface area contributed by atoms with Crippen LogP contribution in [-0.4, -0.2) is 38.2 Å². The average Bonchev–Trinajstić information content (AvgIpc) is 2.44. The molecule has 0 radical (unpaired) electrons. The molecule has 0 aliphatic rings. The van der Waals surface area contributed by atoms with Gasteiger partial charge in [-0.3, -0.25) is 4.79 Å². The maximum atomic E-state index is 11.8. The van der Waals surface area contributed by atoms with Gasteiger partial charge in [0.2, 0.25) is 0 Å². The third-order valence-corrected chi connectivity index (χ3v) is 2.94. The SMILES string of the molecule is CNCCCNCc1ccccc1OCC(=O)NC(C)(C)C.Cl.Cl. The molecule has 1 aromatic rings. The molecule has 0 aromatic heterocycles. The van der Waals surface area contributed by atoms with Gasteiger partial charge in [-0.25, -0.2) is 0 Å². The number of amides is 1. The Labute approximate surface area is 158 Å². The molecule has 0 bridgehead atoms. The zero-order chi connectivity index (χ0) is 16.4. The van der Waals surface area contributed by atoms with Crippen LogP contribution in [0.1, 0.15) is 32.8 Å². The van der Waals surface area contributed by atoms with Crippen LogP contribution in [-0.2, 0) is 11.3 Å².